The van der Waals surface area contributed by atoms with E-state index in [0.29, 0.717) is 12.8 Å². The summed E-state index contributed by atoms with van der Waals surface area (Å²) < 4.78 is 34.6. The van der Waals surface area contributed by atoms with Crippen LogP contribution in [-0.4, -0.2) is 193 Å². The third-order valence-electron chi connectivity index (χ3n) is 21.8. The maximum Gasteiger partial charge on any atom is 0.220 e. The maximum atomic E-state index is 13.5. The number of hydrogen-bond donors (Lipinski definition) is 12. The molecule has 0 saturated carbocycles. The summed E-state index contributed by atoms with van der Waals surface area (Å²) in [5.41, 5.74) is 0. The Hall–Kier alpha value is -1.73. The van der Waals surface area contributed by atoms with Crippen molar-refractivity contribution in [3.63, 3.8) is 0 Å². The second-order valence-corrected chi connectivity index (χ2v) is 31.0. The number of nitrogens with one attached hydrogen (secondary N) is 1. The summed E-state index contributed by atoms with van der Waals surface area (Å²) in [6.45, 7) is 1.86. The molecule has 0 aromatic heterocycles. The van der Waals surface area contributed by atoms with Gasteiger partial charge in [-0.25, -0.2) is 0 Å². The van der Waals surface area contributed by atoms with Crippen LogP contribution in [0.3, 0.4) is 0 Å². The van der Waals surface area contributed by atoms with Crippen LogP contribution < -0.4 is 5.32 Å². The first kappa shape index (κ1) is 95.5. The van der Waals surface area contributed by atoms with Crippen molar-refractivity contribution in [2.75, 3.05) is 26.4 Å². The molecule has 3 rings (SSSR count). The van der Waals surface area contributed by atoms with Crippen LogP contribution in [0.2, 0.25) is 0 Å². The van der Waals surface area contributed by atoms with Crippen molar-refractivity contribution in [1.82, 2.24) is 5.32 Å². The Kier molecular flexibility index (Phi) is 60.3. The summed E-state index contributed by atoms with van der Waals surface area (Å²) in [5, 5.41) is 121. The molecule has 0 spiro atoms. The van der Waals surface area contributed by atoms with Gasteiger partial charge in [-0.1, -0.05) is 346 Å². The summed E-state index contributed by atoms with van der Waals surface area (Å²) >= 11 is 0. The maximum absolute atomic E-state index is 13.5. The molecule has 3 heterocycles. The largest absolute Gasteiger partial charge is 0.394 e. The van der Waals surface area contributed by atoms with E-state index >= 15 is 0 Å². The fourth-order valence-electron chi connectivity index (χ4n) is 14.9. The zero-order chi connectivity index (χ0) is 74.6. The Labute approximate surface area is 626 Å². The zero-order valence-electron chi connectivity index (χ0n) is 65.3. The zero-order valence-corrected chi connectivity index (χ0v) is 65.3. The number of allylic oxidation sites excluding steroid dienone is 4. The van der Waals surface area contributed by atoms with Gasteiger partial charge >= 0.3 is 0 Å². The van der Waals surface area contributed by atoms with Crippen LogP contribution in [0, 0.1) is 0 Å². The van der Waals surface area contributed by atoms with Gasteiger partial charge in [-0.3, -0.25) is 4.79 Å². The molecule has 3 aliphatic heterocycles. The molecule has 19 nitrogen and oxygen atoms in total. The molecule has 0 radical (unpaired) electrons. The Bertz CT molecular complexity index is 1950. The van der Waals surface area contributed by atoms with Crippen LogP contribution in [0.1, 0.15) is 373 Å². The number of carbonyl (C=O) groups is 1. The fraction of sp³-hybridized carbons (Fsp3) is 0.940. The number of amides is 1. The number of aliphatic hydroxyl groups excluding tert-OH is 11. The molecule has 17 atom stereocenters. The summed E-state index contributed by atoms with van der Waals surface area (Å²) in [4.78, 5) is 13.5. The molecule has 17 unspecified atom stereocenters. The third-order valence-corrected chi connectivity index (χ3v) is 21.8. The average Bonchev–Trinajstić information content (AvgIpc) is 0.781. The number of ether oxygens (including phenoxy) is 6. The van der Waals surface area contributed by atoms with Crippen molar-refractivity contribution in [2.45, 2.75) is 478 Å². The van der Waals surface area contributed by atoms with E-state index in [1.54, 1.807) is 0 Å². The molecule has 0 aromatic carbocycles. The quantitative estimate of drug-likeness (QED) is 0.0199. The minimum Gasteiger partial charge on any atom is -0.394 e. The van der Waals surface area contributed by atoms with E-state index in [2.05, 4.69) is 43.5 Å². The van der Waals surface area contributed by atoms with Crippen molar-refractivity contribution >= 4 is 5.91 Å². The van der Waals surface area contributed by atoms with Crippen molar-refractivity contribution < 1.29 is 89.4 Å². The van der Waals surface area contributed by atoms with Crippen LogP contribution in [0.25, 0.3) is 0 Å². The van der Waals surface area contributed by atoms with E-state index in [1.807, 2.05) is 0 Å². The molecule has 608 valence electrons. The number of aliphatic hydroxyl groups is 11. The molecule has 0 bridgehead atoms. The molecular weight excluding hydrogens is 1310 g/mol. The van der Waals surface area contributed by atoms with Crippen molar-refractivity contribution in [1.29, 1.82) is 0 Å². The van der Waals surface area contributed by atoms with E-state index in [0.717, 1.165) is 51.4 Å². The summed E-state index contributed by atoms with van der Waals surface area (Å²) in [6, 6.07) is -0.888. The molecule has 12 N–H and O–H groups in total. The summed E-state index contributed by atoms with van der Waals surface area (Å²) in [7, 11) is 0. The SMILES string of the molecule is CCCCCCC/C=C\C/C=C\CCCCCCCCCCCCCCCCCC(=O)NC(COC1OC(CO)C(OC2OC(CO)C(OC3OC(CO)C(O)C(O)C3O)C(O)C2O)C(O)C1O)C(O)CCCCCCCCCCCCCCCCCCCCCCCCCCCCCCCCC. The lowest BCUT2D eigenvalue weighted by molar-refractivity contribution is -0.379. The minimum absolute atomic E-state index is 0.236. The van der Waals surface area contributed by atoms with Crippen molar-refractivity contribution in [3.05, 3.63) is 24.3 Å². The monoisotopic (exact) mass is 1470 g/mol. The average molecular weight is 1470 g/mol. The van der Waals surface area contributed by atoms with Gasteiger partial charge in [-0.05, 0) is 44.9 Å². The number of rotatable bonds is 70. The van der Waals surface area contributed by atoms with Crippen LogP contribution in [-0.2, 0) is 33.2 Å². The highest BCUT2D eigenvalue weighted by Crippen LogP contribution is 2.34. The number of unbranched alkanes of at least 4 members (excludes halogenated alkanes) is 50. The lowest BCUT2D eigenvalue weighted by Gasteiger charge is -2.48. The van der Waals surface area contributed by atoms with Crippen LogP contribution in [0.5, 0.6) is 0 Å². The van der Waals surface area contributed by atoms with Gasteiger partial charge in [0.25, 0.3) is 0 Å². The van der Waals surface area contributed by atoms with Gasteiger partial charge in [-0.2, -0.15) is 0 Å². The second-order valence-electron chi connectivity index (χ2n) is 31.0. The van der Waals surface area contributed by atoms with E-state index in [1.165, 1.54) is 289 Å². The minimum atomic E-state index is -1.97. The molecule has 3 aliphatic rings. The lowest BCUT2D eigenvalue weighted by Crippen LogP contribution is -2.66. The second kappa shape index (κ2) is 65.0. The smallest absolute Gasteiger partial charge is 0.220 e. The fourth-order valence-corrected chi connectivity index (χ4v) is 14.9. The van der Waals surface area contributed by atoms with Gasteiger partial charge in [0.1, 0.15) is 73.2 Å². The van der Waals surface area contributed by atoms with Gasteiger partial charge in [0.05, 0.1) is 38.6 Å². The van der Waals surface area contributed by atoms with Gasteiger partial charge in [-0.15, -0.1) is 0 Å². The van der Waals surface area contributed by atoms with E-state index < -0.39 is 124 Å². The Morgan fingerprint density at radius 2 is 0.641 bits per heavy atom. The van der Waals surface area contributed by atoms with E-state index in [4.69, 9.17) is 28.4 Å². The molecule has 3 saturated heterocycles. The highest BCUT2D eigenvalue weighted by atomic mass is 16.8. The van der Waals surface area contributed by atoms with Crippen LogP contribution in [0.4, 0.5) is 0 Å². The Morgan fingerprint density at radius 1 is 0.350 bits per heavy atom. The first-order valence-corrected chi connectivity index (χ1v) is 43.1. The molecule has 0 aromatic rings. The predicted molar refractivity (Wildman–Crippen MR) is 411 cm³/mol. The molecule has 0 aliphatic carbocycles. The molecule has 103 heavy (non-hydrogen) atoms. The first-order chi connectivity index (χ1) is 50.3. The predicted octanol–water partition coefficient (Wildman–Crippen LogP) is 15.3. The first-order valence-electron chi connectivity index (χ1n) is 43.1. The summed E-state index contributed by atoms with van der Waals surface area (Å²) in [5.74, 6) is -0.236. The normalized spacial score (nSPS) is 26.1. The van der Waals surface area contributed by atoms with E-state index in [-0.39, 0.29) is 18.9 Å². The Balaban J connectivity index is 1.34. The number of carbonyl (C=O) groups excluding carboxylic acids is 1. The highest BCUT2D eigenvalue weighted by molar-refractivity contribution is 5.76. The molecule has 3 fully saturated rings. The summed E-state index contributed by atoms with van der Waals surface area (Å²) in [6.07, 6.45) is 52.7. The molecular formula is C84H159NO18. The number of hydrogen-bond acceptors (Lipinski definition) is 18. The Morgan fingerprint density at radius 3 is 0.990 bits per heavy atom. The van der Waals surface area contributed by atoms with Crippen molar-refractivity contribution in [3.8, 4) is 0 Å². The van der Waals surface area contributed by atoms with Crippen LogP contribution in [0.15, 0.2) is 24.3 Å². The molecule has 1 amide bonds. The lowest BCUT2D eigenvalue weighted by atomic mass is 9.96. The van der Waals surface area contributed by atoms with Gasteiger partial charge in [0.15, 0.2) is 18.9 Å². The third kappa shape index (κ3) is 44.6. The van der Waals surface area contributed by atoms with Gasteiger partial charge in [0, 0.05) is 6.42 Å². The van der Waals surface area contributed by atoms with E-state index in [9.17, 15) is 61.0 Å². The molecule has 19 heteroatoms. The van der Waals surface area contributed by atoms with Crippen LogP contribution >= 0.6 is 0 Å². The van der Waals surface area contributed by atoms with Gasteiger partial charge < -0.3 is 89.9 Å². The van der Waals surface area contributed by atoms with Crippen molar-refractivity contribution in [2.24, 2.45) is 0 Å². The topological polar surface area (TPSA) is 307 Å². The highest BCUT2D eigenvalue weighted by Gasteiger charge is 2.54. The standard InChI is InChI=1S/C84H159NO18/c1-3-5-7-9-11-13-15-17-19-21-23-25-27-29-31-32-33-34-36-37-39-41-43-45-47-49-51-53-55-57-59-61-68(89)67(85-72(90)62-60-58-56-54-52-50-48-46-44-42-40-38-35-30-28-26-24-22-20-18-16-14-12-10-8-6-4-2)66-98-82-78(96)75(93)80(70(64-87)100-82)103-84-79(97)76(94)81(71(65-88)101-84)102-83-77(95)74(92)73(91)69(63-86)99-83/h16,18,22,24,67-71,73-84,86-89,91-97H,3-15,17,19-21,23,25-66H2,1-2H3,(H,85,90)/b18-16-,24-22-. The van der Waals surface area contributed by atoms with Gasteiger partial charge in [0.2, 0.25) is 5.91 Å².